The minimum atomic E-state index is -0.130. The Morgan fingerprint density at radius 1 is 1.09 bits per heavy atom. The Morgan fingerprint density at radius 2 is 1.78 bits per heavy atom. The molecule has 0 saturated heterocycles. The van der Waals surface area contributed by atoms with Gasteiger partial charge in [0.1, 0.15) is 5.76 Å². The molecule has 0 spiro atoms. The van der Waals surface area contributed by atoms with Crippen LogP contribution in [0.1, 0.15) is 45.8 Å². The molecule has 6 nitrogen and oxygen atoms in total. The van der Waals surface area contributed by atoms with Crippen molar-refractivity contribution in [2.45, 2.75) is 32.7 Å². The third kappa shape index (κ3) is 4.89. The van der Waals surface area contributed by atoms with Crippen molar-refractivity contribution < 1.29 is 9.21 Å². The topological polar surface area (TPSA) is 69.9 Å². The fourth-order valence-corrected chi connectivity index (χ4v) is 4.05. The van der Waals surface area contributed by atoms with E-state index in [4.69, 9.17) is 16.6 Å². The van der Waals surface area contributed by atoms with Crippen LogP contribution in [0, 0.1) is 6.92 Å². The van der Waals surface area contributed by atoms with E-state index in [1.807, 2.05) is 67.6 Å². The molecule has 2 aromatic carbocycles. The normalized spacial score (nSPS) is 14.0. The van der Waals surface area contributed by atoms with Crippen LogP contribution in [-0.2, 0) is 13.0 Å². The smallest absolute Gasteiger partial charge is 0.289 e. The van der Waals surface area contributed by atoms with E-state index in [9.17, 15) is 4.79 Å². The van der Waals surface area contributed by atoms with Crippen molar-refractivity contribution >= 4 is 34.6 Å². The monoisotopic (exact) mass is 446 g/mol. The second-order valence-corrected chi connectivity index (χ2v) is 8.25. The Kier molecular flexibility index (Phi) is 6.66. The summed E-state index contributed by atoms with van der Waals surface area (Å²) in [6.45, 7) is 2.44. The van der Waals surface area contributed by atoms with Crippen LogP contribution in [0.4, 0.5) is 5.69 Å². The van der Waals surface area contributed by atoms with E-state index in [0.717, 1.165) is 53.1 Å². The summed E-state index contributed by atoms with van der Waals surface area (Å²) in [6.07, 6.45) is 2.49. The van der Waals surface area contributed by atoms with E-state index in [0.29, 0.717) is 17.4 Å². The van der Waals surface area contributed by atoms with Crippen molar-refractivity contribution in [3.63, 3.8) is 0 Å². The summed E-state index contributed by atoms with van der Waals surface area (Å²) in [7, 11) is 1.79. The SMILES string of the molecule is Cc1c(C(=O)N(C)Cc2ccccc2)oc2c1/C(=N/NC(=S)Nc1ccccc1)CCC2. The van der Waals surface area contributed by atoms with Gasteiger partial charge in [-0.2, -0.15) is 5.10 Å². The lowest BCUT2D eigenvalue weighted by atomic mass is 9.93. The quantitative estimate of drug-likeness (QED) is 0.432. The van der Waals surface area contributed by atoms with Gasteiger partial charge in [0.15, 0.2) is 10.9 Å². The first-order valence-electron chi connectivity index (χ1n) is 10.6. The Morgan fingerprint density at radius 3 is 2.50 bits per heavy atom. The molecule has 1 aliphatic rings. The van der Waals surface area contributed by atoms with Crippen molar-refractivity contribution in [1.29, 1.82) is 0 Å². The largest absolute Gasteiger partial charge is 0.455 e. The van der Waals surface area contributed by atoms with Gasteiger partial charge in [-0.15, -0.1) is 0 Å². The third-order valence-corrected chi connectivity index (χ3v) is 5.65. The van der Waals surface area contributed by atoms with Crippen LogP contribution in [0.15, 0.2) is 70.2 Å². The fourth-order valence-electron chi connectivity index (χ4n) is 3.89. The number of benzene rings is 2. The van der Waals surface area contributed by atoms with Crippen molar-refractivity contribution in [3.8, 4) is 0 Å². The molecule has 1 amide bonds. The number of aryl methyl sites for hydroxylation is 1. The lowest BCUT2D eigenvalue weighted by molar-refractivity contribution is 0.0750. The van der Waals surface area contributed by atoms with E-state index < -0.39 is 0 Å². The highest BCUT2D eigenvalue weighted by molar-refractivity contribution is 7.80. The number of rotatable bonds is 5. The highest BCUT2D eigenvalue weighted by Gasteiger charge is 2.29. The van der Waals surface area contributed by atoms with Gasteiger partial charge in [-0.3, -0.25) is 10.2 Å². The first kappa shape index (κ1) is 21.8. The lowest BCUT2D eigenvalue weighted by Gasteiger charge is -2.16. The van der Waals surface area contributed by atoms with Crippen molar-refractivity contribution in [2.24, 2.45) is 5.10 Å². The molecule has 0 atom stereocenters. The van der Waals surface area contributed by atoms with Gasteiger partial charge in [0.25, 0.3) is 5.91 Å². The number of nitrogens with zero attached hydrogens (tertiary/aromatic N) is 2. The maximum absolute atomic E-state index is 13.1. The molecular weight excluding hydrogens is 420 g/mol. The van der Waals surface area contributed by atoms with Gasteiger partial charge < -0.3 is 14.6 Å². The first-order chi connectivity index (χ1) is 15.5. The van der Waals surface area contributed by atoms with Crippen LogP contribution in [0.5, 0.6) is 0 Å². The maximum Gasteiger partial charge on any atom is 0.289 e. The van der Waals surface area contributed by atoms with E-state index >= 15 is 0 Å². The fraction of sp³-hybridized carbons (Fsp3) is 0.240. The minimum absolute atomic E-state index is 0.130. The number of fused-ring (bicyclic) bond motifs is 1. The number of hydrogen-bond acceptors (Lipinski definition) is 4. The van der Waals surface area contributed by atoms with Crippen LogP contribution in [0.2, 0.25) is 0 Å². The zero-order valence-corrected chi connectivity index (χ0v) is 19.0. The van der Waals surface area contributed by atoms with Crippen LogP contribution in [0.25, 0.3) is 0 Å². The Labute approximate surface area is 193 Å². The molecule has 1 aliphatic carbocycles. The number of anilines is 1. The van der Waals surface area contributed by atoms with Crippen LogP contribution in [0.3, 0.4) is 0 Å². The average Bonchev–Trinajstić information content (AvgIpc) is 3.15. The van der Waals surface area contributed by atoms with E-state index in [-0.39, 0.29) is 5.91 Å². The first-order valence-corrected chi connectivity index (χ1v) is 11.0. The number of carbonyl (C=O) groups excluding carboxylic acids is 1. The molecule has 0 aliphatic heterocycles. The summed E-state index contributed by atoms with van der Waals surface area (Å²) in [5.41, 5.74) is 7.50. The van der Waals surface area contributed by atoms with Gasteiger partial charge in [-0.1, -0.05) is 48.5 Å². The molecule has 4 rings (SSSR count). The van der Waals surface area contributed by atoms with Crippen molar-refractivity contribution in [2.75, 3.05) is 12.4 Å². The molecule has 0 radical (unpaired) electrons. The Hall–Kier alpha value is -3.45. The summed E-state index contributed by atoms with van der Waals surface area (Å²) in [5, 5.41) is 8.07. The van der Waals surface area contributed by atoms with Gasteiger partial charge in [-0.05, 0) is 49.7 Å². The standard InChI is InChI=1S/C25H26N4O2S/c1-17-22-20(27-28-25(32)26-19-12-7-4-8-13-19)14-9-15-21(22)31-23(17)24(30)29(2)16-18-10-5-3-6-11-18/h3-8,10-13H,9,14-16H2,1-2H3,(H2,26,28,32)/b27-20+. The zero-order chi connectivity index (χ0) is 22.5. The molecule has 0 fully saturated rings. The van der Waals surface area contributed by atoms with Gasteiger partial charge in [0.2, 0.25) is 0 Å². The molecule has 0 saturated carbocycles. The summed E-state index contributed by atoms with van der Waals surface area (Å²) in [5.74, 6) is 1.06. The van der Waals surface area contributed by atoms with E-state index in [1.54, 1.807) is 11.9 Å². The van der Waals surface area contributed by atoms with Gasteiger partial charge in [0, 0.05) is 36.8 Å². The van der Waals surface area contributed by atoms with E-state index in [2.05, 4.69) is 15.8 Å². The Balaban J connectivity index is 1.50. The molecule has 7 heteroatoms. The second-order valence-electron chi connectivity index (χ2n) is 7.85. The van der Waals surface area contributed by atoms with Crippen LogP contribution in [-0.4, -0.2) is 28.7 Å². The molecule has 0 unspecified atom stereocenters. The molecular formula is C25H26N4O2S. The van der Waals surface area contributed by atoms with Gasteiger partial charge in [-0.25, -0.2) is 0 Å². The van der Waals surface area contributed by atoms with Crippen LogP contribution >= 0.6 is 12.2 Å². The van der Waals surface area contributed by atoms with E-state index in [1.165, 1.54) is 0 Å². The second kappa shape index (κ2) is 9.78. The molecule has 3 aromatic rings. The highest BCUT2D eigenvalue weighted by Crippen LogP contribution is 2.30. The van der Waals surface area contributed by atoms with Crippen LogP contribution < -0.4 is 10.7 Å². The van der Waals surface area contributed by atoms with Gasteiger partial charge >= 0.3 is 0 Å². The predicted octanol–water partition coefficient (Wildman–Crippen LogP) is 4.89. The summed E-state index contributed by atoms with van der Waals surface area (Å²) >= 11 is 5.37. The average molecular weight is 447 g/mol. The number of nitrogens with one attached hydrogen (secondary N) is 2. The molecule has 1 aromatic heterocycles. The summed E-state index contributed by atoms with van der Waals surface area (Å²) in [6, 6.07) is 19.6. The lowest BCUT2D eigenvalue weighted by Crippen LogP contribution is -2.27. The number of amides is 1. The number of hydrogen-bond donors (Lipinski definition) is 2. The molecule has 0 bridgehead atoms. The third-order valence-electron chi connectivity index (χ3n) is 5.45. The number of carbonyl (C=O) groups is 1. The summed E-state index contributed by atoms with van der Waals surface area (Å²) < 4.78 is 6.04. The van der Waals surface area contributed by atoms with Crippen molar-refractivity contribution in [1.82, 2.24) is 10.3 Å². The van der Waals surface area contributed by atoms with Crippen molar-refractivity contribution in [3.05, 3.63) is 88.9 Å². The number of para-hydroxylation sites is 1. The zero-order valence-electron chi connectivity index (χ0n) is 18.2. The molecule has 32 heavy (non-hydrogen) atoms. The number of furan rings is 1. The van der Waals surface area contributed by atoms with Gasteiger partial charge in [0.05, 0.1) is 5.71 Å². The maximum atomic E-state index is 13.1. The number of thiocarbonyl (C=S) groups is 1. The molecule has 2 N–H and O–H groups in total. The Bertz CT molecular complexity index is 1140. The minimum Gasteiger partial charge on any atom is -0.455 e. The molecule has 1 heterocycles. The number of hydrazone groups is 1. The molecule has 164 valence electrons. The summed E-state index contributed by atoms with van der Waals surface area (Å²) in [4.78, 5) is 14.8. The highest BCUT2D eigenvalue weighted by atomic mass is 32.1. The predicted molar refractivity (Wildman–Crippen MR) is 131 cm³/mol.